The van der Waals surface area contributed by atoms with E-state index in [4.69, 9.17) is 17.3 Å². The third-order valence-electron chi connectivity index (χ3n) is 1.94. The Morgan fingerprint density at radius 1 is 1.38 bits per heavy atom. The van der Waals surface area contributed by atoms with Crippen molar-refractivity contribution in [2.45, 2.75) is 10.8 Å². The second kappa shape index (κ2) is 5.18. The molecule has 0 spiro atoms. The molecule has 16 heavy (non-hydrogen) atoms. The van der Waals surface area contributed by atoms with Crippen molar-refractivity contribution in [2.75, 3.05) is 5.73 Å². The SMILES string of the molecule is Nc1cc(Cl)cnc1SCc1cccnc1. The highest BCUT2D eigenvalue weighted by molar-refractivity contribution is 7.98. The maximum absolute atomic E-state index is 5.80. The summed E-state index contributed by atoms with van der Waals surface area (Å²) in [5.41, 5.74) is 7.56. The lowest BCUT2D eigenvalue weighted by molar-refractivity contribution is 1.14. The molecule has 0 saturated carbocycles. The van der Waals surface area contributed by atoms with E-state index in [1.807, 2.05) is 18.3 Å². The molecule has 2 heterocycles. The van der Waals surface area contributed by atoms with Crippen LogP contribution in [0.4, 0.5) is 5.69 Å². The lowest BCUT2D eigenvalue weighted by Gasteiger charge is -2.04. The van der Waals surface area contributed by atoms with Crippen LogP contribution < -0.4 is 5.73 Å². The number of thioether (sulfide) groups is 1. The molecule has 0 atom stereocenters. The molecule has 0 unspecified atom stereocenters. The van der Waals surface area contributed by atoms with E-state index in [2.05, 4.69) is 9.97 Å². The molecule has 5 heteroatoms. The number of pyridine rings is 2. The van der Waals surface area contributed by atoms with Crippen LogP contribution in [0, 0.1) is 0 Å². The molecule has 2 aromatic heterocycles. The summed E-state index contributed by atoms with van der Waals surface area (Å²) in [6, 6.07) is 5.64. The van der Waals surface area contributed by atoms with Crippen LogP contribution in [0.15, 0.2) is 41.8 Å². The molecular formula is C11H10ClN3S. The number of anilines is 1. The predicted octanol–water partition coefficient (Wildman–Crippen LogP) is 3.00. The molecule has 0 bridgehead atoms. The summed E-state index contributed by atoms with van der Waals surface area (Å²) >= 11 is 7.35. The van der Waals surface area contributed by atoms with Gasteiger partial charge in [0.25, 0.3) is 0 Å². The van der Waals surface area contributed by atoms with Crippen molar-refractivity contribution in [1.29, 1.82) is 0 Å². The zero-order valence-corrected chi connectivity index (χ0v) is 10.0. The van der Waals surface area contributed by atoms with Gasteiger partial charge in [0.15, 0.2) is 0 Å². The molecule has 0 radical (unpaired) electrons. The van der Waals surface area contributed by atoms with Crippen LogP contribution in [0.25, 0.3) is 0 Å². The molecule has 0 amide bonds. The topological polar surface area (TPSA) is 51.8 Å². The Kier molecular flexibility index (Phi) is 3.64. The first kappa shape index (κ1) is 11.2. The van der Waals surface area contributed by atoms with Crippen molar-refractivity contribution in [2.24, 2.45) is 0 Å². The second-order valence-electron chi connectivity index (χ2n) is 3.20. The molecule has 2 rings (SSSR count). The first-order chi connectivity index (χ1) is 7.75. The monoisotopic (exact) mass is 251 g/mol. The van der Waals surface area contributed by atoms with Gasteiger partial charge in [-0.2, -0.15) is 0 Å². The van der Waals surface area contributed by atoms with Gasteiger partial charge in [-0.1, -0.05) is 29.4 Å². The number of rotatable bonds is 3. The van der Waals surface area contributed by atoms with Crippen LogP contribution in [0.1, 0.15) is 5.56 Å². The largest absolute Gasteiger partial charge is 0.396 e. The summed E-state index contributed by atoms with van der Waals surface area (Å²) < 4.78 is 0. The lowest BCUT2D eigenvalue weighted by Crippen LogP contribution is -1.92. The Morgan fingerprint density at radius 2 is 2.25 bits per heavy atom. The molecule has 3 nitrogen and oxygen atoms in total. The fourth-order valence-corrected chi connectivity index (χ4v) is 2.19. The minimum absolute atomic E-state index is 0.559. The summed E-state index contributed by atoms with van der Waals surface area (Å²) in [6.45, 7) is 0. The summed E-state index contributed by atoms with van der Waals surface area (Å²) in [7, 11) is 0. The average Bonchev–Trinajstić information content (AvgIpc) is 2.29. The minimum atomic E-state index is 0.559. The number of halogens is 1. The first-order valence-electron chi connectivity index (χ1n) is 4.68. The maximum atomic E-state index is 5.80. The van der Waals surface area contributed by atoms with E-state index in [0.717, 1.165) is 16.3 Å². The quantitative estimate of drug-likeness (QED) is 0.852. The van der Waals surface area contributed by atoms with E-state index < -0.39 is 0 Å². The fourth-order valence-electron chi connectivity index (χ4n) is 1.20. The molecule has 0 aliphatic rings. The van der Waals surface area contributed by atoms with Gasteiger partial charge in [0.05, 0.1) is 10.7 Å². The van der Waals surface area contributed by atoms with Gasteiger partial charge in [-0.15, -0.1) is 0 Å². The van der Waals surface area contributed by atoms with Crippen molar-refractivity contribution < 1.29 is 0 Å². The summed E-state index contributed by atoms with van der Waals surface area (Å²) in [5, 5.41) is 1.36. The molecule has 82 valence electrons. The zero-order valence-electron chi connectivity index (χ0n) is 8.43. The van der Waals surface area contributed by atoms with Crippen LogP contribution >= 0.6 is 23.4 Å². The molecule has 0 aromatic carbocycles. The van der Waals surface area contributed by atoms with Crippen molar-refractivity contribution in [3.63, 3.8) is 0 Å². The van der Waals surface area contributed by atoms with E-state index in [1.165, 1.54) is 0 Å². The zero-order chi connectivity index (χ0) is 11.4. The Morgan fingerprint density at radius 3 is 2.94 bits per heavy atom. The van der Waals surface area contributed by atoms with Gasteiger partial charge in [0.2, 0.25) is 0 Å². The van der Waals surface area contributed by atoms with Gasteiger partial charge in [-0.05, 0) is 17.7 Å². The number of nitrogens with zero attached hydrogens (tertiary/aromatic N) is 2. The first-order valence-corrected chi connectivity index (χ1v) is 6.05. The summed E-state index contributed by atoms with van der Waals surface area (Å²) in [5.74, 6) is 0.798. The molecule has 0 fully saturated rings. The van der Waals surface area contributed by atoms with E-state index in [0.29, 0.717) is 10.7 Å². The standard InChI is InChI=1S/C11H10ClN3S/c12-9-4-10(13)11(15-6-9)16-7-8-2-1-3-14-5-8/h1-6H,7,13H2. The number of aromatic nitrogens is 2. The molecule has 2 N–H and O–H groups in total. The molecular weight excluding hydrogens is 242 g/mol. The van der Waals surface area contributed by atoms with E-state index in [-0.39, 0.29) is 0 Å². The van der Waals surface area contributed by atoms with Crippen LogP contribution in [-0.4, -0.2) is 9.97 Å². The Bertz CT molecular complexity index is 476. The highest BCUT2D eigenvalue weighted by Gasteiger charge is 2.03. The van der Waals surface area contributed by atoms with E-state index in [1.54, 1.807) is 30.2 Å². The third-order valence-corrected chi connectivity index (χ3v) is 3.24. The third kappa shape index (κ3) is 2.87. The second-order valence-corrected chi connectivity index (χ2v) is 4.60. The van der Waals surface area contributed by atoms with E-state index >= 15 is 0 Å². The van der Waals surface area contributed by atoms with Crippen molar-refractivity contribution in [3.8, 4) is 0 Å². The van der Waals surface area contributed by atoms with Crippen molar-refractivity contribution in [1.82, 2.24) is 9.97 Å². The van der Waals surface area contributed by atoms with Gasteiger partial charge in [-0.25, -0.2) is 4.98 Å². The van der Waals surface area contributed by atoms with Crippen LogP contribution in [-0.2, 0) is 5.75 Å². The Hall–Kier alpha value is -1.26. The Balaban J connectivity index is 2.05. The highest BCUT2D eigenvalue weighted by atomic mass is 35.5. The normalized spacial score (nSPS) is 10.3. The minimum Gasteiger partial charge on any atom is -0.396 e. The van der Waals surface area contributed by atoms with Gasteiger partial charge < -0.3 is 5.73 Å². The smallest absolute Gasteiger partial charge is 0.119 e. The van der Waals surface area contributed by atoms with Gasteiger partial charge in [-0.3, -0.25) is 4.98 Å². The van der Waals surface area contributed by atoms with Gasteiger partial charge in [0.1, 0.15) is 5.03 Å². The average molecular weight is 252 g/mol. The molecule has 2 aromatic rings. The molecule has 0 aliphatic carbocycles. The van der Waals surface area contributed by atoms with E-state index in [9.17, 15) is 0 Å². The van der Waals surface area contributed by atoms with Crippen LogP contribution in [0.5, 0.6) is 0 Å². The lowest BCUT2D eigenvalue weighted by atomic mass is 10.3. The summed E-state index contributed by atoms with van der Waals surface area (Å²) in [4.78, 5) is 8.23. The Labute approximate surface area is 103 Å². The van der Waals surface area contributed by atoms with Crippen LogP contribution in [0.2, 0.25) is 5.02 Å². The number of nitrogens with two attached hydrogens (primary N) is 1. The predicted molar refractivity (Wildman–Crippen MR) is 67.5 cm³/mol. The van der Waals surface area contributed by atoms with Crippen LogP contribution in [0.3, 0.4) is 0 Å². The van der Waals surface area contributed by atoms with Crippen molar-refractivity contribution >= 4 is 29.1 Å². The number of nitrogen functional groups attached to an aromatic ring is 1. The van der Waals surface area contributed by atoms with Gasteiger partial charge >= 0.3 is 0 Å². The van der Waals surface area contributed by atoms with Crippen molar-refractivity contribution in [3.05, 3.63) is 47.4 Å². The fraction of sp³-hybridized carbons (Fsp3) is 0.0909. The summed E-state index contributed by atoms with van der Waals surface area (Å²) in [6.07, 6.45) is 5.19. The number of hydrogen-bond acceptors (Lipinski definition) is 4. The molecule has 0 saturated heterocycles. The van der Waals surface area contributed by atoms with Gasteiger partial charge in [0, 0.05) is 24.3 Å². The molecule has 0 aliphatic heterocycles. The maximum Gasteiger partial charge on any atom is 0.119 e. The number of hydrogen-bond donors (Lipinski definition) is 1. The highest BCUT2D eigenvalue weighted by Crippen LogP contribution is 2.27.